The summed E-state index contributed by atoms with van der Waals surface area (Å²) in [6.45, 7) is 5.58. The largest absolute Gasteiger partial charge is 0.488 e. The Bertz CT molecular complexity index is 1290. The molecule has 0 fully saturated rings. The molecule has 9 heteroatoms. The van der Waals surface area contributed by atoms with Crippen LogP contribution >= 0.6 is 0 Å². The van der Waals surface area contributed by atoms with E-state index in [1.165, 1.54) is 29.8 Å². The monoisotopic (exact) mass is 548 g/mol. The van der Waals surface area contributed by atoms with Crippen LogP contribution in [0.1, 0.15) is 25.0 Å². The fourth-order valence-corrected chi connectivity index (χ4v) is 4.82. The van der Waals surface area contributed by atoms with E-state index in [0.29, 0.717) is 35.8 Å². The molecule has 0 aliphatic carbocycles. The zero-order valence-electron chi connectivity index (χ0n) is 23.1. The molecule has 0 aromatic heterocycles. The second-order valence-corrected chi connectivity index (χ2v) is 10.5. The maximum Gasteiger partial charge on any atom is 0.323 e. The Hall–Kier alpha value is -3.95. The van der Waals surface area contributed by atoms with Gasteiger partial charge in [-0.15, -0.1) is 0 Å². The van der Waals surface area contributed by atoms with Gasteiger partial charge >= 0.3 is 6.03 Å². The fourth-order valence-electron chi connectivity index (χ4n) is 4.82. The summed E-state index contributed by atoms with van der Waals surface area (Å²) in [6, 6.07) is 20.1. The van der Waals surface area contributed by atoms with Crippen molar-refractivity contribution in [3.63, 3.8) is 0 Å². The van der Waals surface area contributed by atoms with Gasteiger partial charge in [0.25, 0.3) is 0 Å². The lowest BCUT2D eigenvalue weighted by atomic mass is 10.0. The number of aliphatic hydroxyl groups excluding tert-OH is 1. The van der Waals surface area contributed by atoms with Crippen molar-refractivity contribution in [1.82, 2.24) is 9.80 Å². The third kappa shape index (κ3) is 7.80. The van der Waals surface area contributed by atoms with Gasteiger partial charge in [-0.3, -0.25) is 9.69 Å². The Labute approximate surface area is 234 Å². The number of fused-ring (bicyclic) bond motifs is 1. The van der Waals surface area contributed by atoms with E-state index in [1.807, 2.05) is 32.2 Å². The minimum Gasteiger partial charge on any atom is -0.488 e. The summed E-state index contributed by atoms with van der Waals surface area (Å²) in [6.07, 6.45) is -0.166. The highest BCUT2D eigenvalue weighted by molar-refractivity contribution is 5.99. The molecule has 1 aliphatic heterocycles. The number of rotatable bonds is 8. The molecule has 212 valence electrons. The summed E-state index contributed by atoms with van der Waals surface area (Å²) in [4.78, 5) is 29.9. The predicted octanol–water partition coefficient (Wildman–Crippen LogP) is 4.75. The van der Waals surface area contributed by atoms with Gasteiger partial charge < -0.3 is 25.4 Å². The molecule has 3 amide bonds. The van der Waals surface area contributed by atoms with E-state index in [4.69, 9.17) is 4.74 Å². The van der Waals surface area contributed by atoms with Gasteiger partial charge in [0.05, 0.1) is 19.1 Å². The molecule has 0 bridgehead atoms. The third-order valence-electron chi connectivity index (χ3n) is 7.06. The van der Waals surface area contributed by atoms with Crippen LogP contribution < -0.4 is 15.4 Å². The van der Waals surface area contributed by atoms with Crippen LogP contribution in [-0.4, -0.2) is 65.7 Å². The van der Waals surface area contributed by atoms with Crippen molar-refractivity contribution in [3.8, 4) is 5.75 Å². The number of anilines is 2. The summed E-state index contributed by atoms with van der Waals surface area (Å²) >= 11 is 0. The number of aliphatic hydroxyl groups is 1. The van der Waals surface area contributed by atoms with Crippen molar-refractivity contribution in [3.05, 3.63) is 89.7 Å². The number of urea groups is 1. The number of halogens is 1. The Kier molecular flexibility index (Phi) is 9.74. The molecule has 3 atom stereocenters. The number of hydrogen-bond acceptors (Lipinski definition) is 5. The first-order valence-corrected chi connectivity index (χ1v) is 13.5. The van der Waals surface area contributed by atoms with Gasteiger partial charge in [0, 0.05) is 42.5 Å². The Balaban J connectivity index is 1.55. The number of carbonyl (C=O) groups excluding carboxylic acids is 2. The standard InChI is InChI=1S/C31H37FN4O4/c1-21-17-36(22(2)20-37)30(38)16-24-15-27(34-31(39)33-26-11-9-25(32)10-12-26)13-14-28(24)40-29(21)19-35(3)18-23-7-5-4-6-8-23/h4-15,21-22,29,37H,16-20H2,1-3H3,(H2,33,34,39)/t21-,22+,29-/m0/s1. The van der Waals surface area contributed by atoms with Crippen molar-refractivity contribution < 1.29 is 23.8 Å². The van der Waals surface area contributed by atoms with E-state index in [2.05, 4.69) is 34.6 Å². The van der Waals surface area contributed by atoms with E-state index in [0.717, 1.165) is 6.54 Å². The van der Waals surface area contributed by atoms with Crippen LogP contribution in [0.4, 0.5) is 20.6 Å². The number of hydrogen-bond donors (Lipinski definition) is 3. The van der Waals surface area contributed by atoms with Crippen LogP contribution in [0.5, 0.6) is 5.75 Å². The first-order chi connectivity index (χ1) is 19.2. The molecule has 1 heterocycles. The van der Waals surface area contributed by atoms with Crippen molar-refractivity contribution in [2.75, 3.05) is 37.4 Å². The molecular weight excluding hydrogens is 511 g/mol. The molecule has 4 rings (SSSR count). The molecule has 0 radical (unpaired) electrons. The maximum atomic E-state index is 13.4. The normalized spacial score (nSPS) is 18.1. The summed E-state index contributed by atoms with van der Waals surface area (Å²) in [5.41, 5.74) is 2.78. The van der Waals surface area contributed by atoms with Crippen molar-refractivity contribution in [2.45, 2.75) is 39.0 Å². The molecule has 3 aromatic rings. The van der Waals surface area contributed by atoms with Crippen LogP contribution in [0.25, 0.3) is 0 Å². The van der Waals surface area contributed by atoms with Gasteiger partial charge in [0.15, 0.2) is 0 Å². The number of benzene rings is 3. The summed E-state index contributed by atoms with van der Waals surface area (Å²) < 4.78 is 19.8. The Morgan fingerprint density at radius 1 is 1.10 bits per heavy atom. The third-order valence-corrected chi connectivity index (χ3v) is 7.06. The average Bonchev–Trinajstić information content (AvgIpc) is 2.97. The fraction of sp³-hybridized carbons (Fsp3) is 0.355. The van der Waals surface area contributed by atoms with E-state index >= 15 is 0 Å². The SMILES string of the molecule is C[C@H](CO)N1C[C@H](C)[C@H](CN(C)Cc2ccccc2)Oc2ccc(NC(=O)Nc3ccc(F)cc3)cc2CC1=O. The van der Waals surface area contributed by atoms with E-state index < -0.39 is 11.8 Å². The average molecular weight is 549 g/mol. The molecule has 0 saturated carbocycles. The summed E-state index contributed by atoms with van der Waals surface area (Å²) in [7, 11) is 2.04. The van der Waals surface area contributed by atoms with Gasteiger partial charge in [0.1, 0.15) is 17.7 Å². The smallest absolute Gasteiger partial charge is 0.323 e. The highest BCUT2D eigenvalue weighted by Gasteiger charge is 2.31. The highest BCUT2D eigenvalue weighted by atomic mass is 19.1. The zero-order chi connectivity index (χ0) is 28.6. The topological polar surface area (TPSA) is 94.1 Å². The molecule has 40 heavy (non-hydrogen) atoms. The van der Waals surface area contributed by atoms with Gasteiger partial charge in [-0.2, -0.15) is 0 Å². The van der Waals surface area contributed by atoms with Crippen molar-refractivity contribution in [1.29, 1.82) is 0 Å². The molecule has 8 nitrogen and oxygen atoms in total. The van der Waals surface area contributed by atoms with Crippen molar-refractivity contribution in [2.24, 2.45) is 5.92 Å². The highest BCUT2D eigenvalue weighted by Crippen LogP contribution is 2.29. The maximum absolute atomic E-state index is 13.4. The quantitative estimate of drug-likeness (QED) is 0.378. The Morgan fingerprint density at radius 3 is 2.48 bits per heavy atom. The number of carbonyl (C=O) groups is 2. The Morgan fingerprint density at radius 2 is 1.77 bits per heavy atom. The lowest BCUT2D eigenvalue weighted by Crippen LogP contribution is -2.47. The van der Waals surface area contributed by atoms with Crippen LogP contribution in [-0.2, 0) is 17.8 Å². The first-order valence-electron chi connectivity index (χ1n) is 13.5. The second-order valence-electron chi connectivity index (χ2n) is 10.5. The predicted molar refractivity (Wildman–Crippen MR) is 154 cm³/mol. The van der Waals surface area contributed by atoms with Gasteiger partial charge in [-0.25, -0.2) is 9.18 Å². The number of amides is 3. The number of ether oxygens (including phenoxy) is 1. The van der Waals surface area contributed by atoms with Gasteiger partial charge in [-0.05, 0) is 62.0 Å². The van der Waals surface area contributed by atoms with E-state index in [9.17, 15) is 19.1 Å². The molecule has 1 aliphatic rings. The molecule has 0 saturated heterocycles. The molecule has 3 aromatic carbocycles. The number of likely N-dealkylation sites (N-methyl/N-ethyl adjacent to an activating group) is 1. The van der Waals surface area contributed by atoms with Crippen LogP contribution in [0, 0.1) is 11.7 Å². The lowest BCUT2D eigenvalue weighted by molar-refractivity contribution is -0.134. The van der Waals surface area contributed by atoms with E-state index in [1.54, 1.807) is 23.1 Å². The second kappa shape index (κ2) is 13.4. The molecule has 3 N–H and O–H groups in total. The minimum atomic E-state index is -0.494. The van der Waals surface area contributed by atoms with Crippen LogP contribution in [0.2, 0.25) is 0 Å². The molecule has 0 spiro atoms. The first kappa shape index (κ1) is 29.0. The van der Waals surface area contributed by atoms with E-state index in [-0.39, 0.29) is 37.0 Å². The van der Waals surface area contributed by atoms with Gasteiger partial charge in [0.2, 0.25) is 5.91 Å². The summed E-state index contributed by atoms with van der Waals surface area (Å²) in [5, 5.41) is 15.3. The van der Waals surface area contributed by atoms with Gasteiger partial charge in [-0.1, -0.05) is 37.3 Å². The zero-order valence-corrected chi connectivity index (χ0v) is 23.1. The molecular formula is C31H37FN4O4. The number of nitrogens with one attached hydrogen (secondary N) is 2. The summed E-state index contributed by atoms with van der Waals surface area (Å²) in [5.74, 6) is 0.0591. The minimum absolute atomic E-state index is 0.0126. The van der Waals surface area contributed by atoms with Crippen LogP contribution in [0.15, 0.2) is 72.8 Å². The van der Waals surface area contributed by atoms with Crippen molar-refractivity contribution >= 4 is 23.3 Å². The van der Waals surface area contributed by atoms with Crippen LogP contribution in [0.3, 0.4) is 0 Å². The molecule has 0 unspecified atom stereocenters. The number of nitrogens with zero attached hydrogens (tertiary/aromatic N) is 2. The lowest BCUT2D eigenvalue weighted by Gasteiger charge is -2.34.